The van der Waals surface area contributed by atoms with Gasteiger partial charge < -0.3 is 9.64 Å². The van der Waals surface area contributed by atoms with Crippen molar-refractivity contribution in [2.24, 2.45) is 0 Å². The first-order valence-electron chi connectivity index (χ1n) is 9.40. The molecule has 0 unspecified atom stereocenters. The van der Waals surface area contributed by atoms with Gasteiger partial charge in [-0.05, 0) is 50.6 Å². The second-order valence-corrected chi connectivity index (χ2v) is 8.01. The molecular weight excluding hydrogens is 386 g/mol. The maximum Gasteiger partial charge on any atom is 0.265 e. The molecule has 0 atom stereocenters. The van der Waals surface area contributed by atoms with Crippen LogP contribution in [0.3, 0.4) is 0 Å². The fourth-order valence-corrected chi connectivity index (χ4v) is 4.24. The molecule has 0 fully saturated rings. The molecule has 3 aromatic rings. The van der Waals surface area contributed by atoms with E-state index >= 15 is 0 Å². The van der Waals surface area contributed by atoms with Crippen molar-refractivity contribution in [3.8, 4) is 17.0 Å². The van der Waals surface area contributed by atoms with Crippen LogP contribution < -0.4 is 15.0 Å². The van der Waals surface area contributed by atoms with E-state index in [1.165, 1.54) is 11.3 Å². The van der Waals surface area contributed by atoms with E-state index in [0.717, 1.165) is 27.4 Å². The second-order valence-electron chi connectivity index (χ2n) is 6.80. The van der Waals surface area contributed by atoms with Gasteiger partial charge in [0.2, 0.25) is 0 Å². The van der Waals surface area contributed by atoms with Crippen molar-refractivity contribution < 1.29 is 14.3 Å². The van der Waals surface area contributed by atoms with E-state index in [2.05, 4.69) is 10.3 Å². The van der Waals surface area contributed by atoms with Gasteiger partial charge in [-0.3, -0.25) is 14.9 Å². The van der Waals surface area contributed by atoms with Crippen LogP contribution in [0.1, 0.15) is 27.7 Å². The summed E-state index contributed by atoms with van der Waals surface area (Å²) in [4.78, 5) is 32.1. The average molecular weight is 407 g/mol. The van der Waals surface area contributed by atoms with Crippen LogP contribution in [0.25, 0.3) is 11.3 Å². The molecule has 1 aliphatic rings. The summed E-state index contributed by atoms with van der Waals surface area (Å²) in [6.07, 6.45) is 0. The third-order valence-corrected chi connectivity index (χ3v) is 5.78. The molecule has 7 heteroatoms. The number of carbonyl (C=O) groups is 2. The van der Waals surface area contributed by atoms with E-state index in [-0.39, 0.29) is 18.4 Å². The molecule has 0 aliphatic carbocycles. The van der Waals surface area contributed by atoms with Crippen LogP contribution in [0.5, 0.6) is 5.75 Å². The van der Waals surface area contributed by atoms with Crippen molar-refractivity contribution in [3.05, 3.63) is 58.5 Å². The number of nitrogens with zero attached hydrogens (tertiary/aromatic N) is 2. The summed E-state index contributed by atoms with van der Waals surface area (Å²) in [5, 5.41) is 3.44. The Hall–Kier alpha value is -3.19. The van der Waals surface area contributed by atoms with Crippen LogP contribution in [0.2, 0.25) is 0 Å². The monoisotopic (exact) mass is 407 g/mol. The molecule has 0 bridgehead atoms. The highest BCUT2D eigenvalue weighted by Crippen LogP contribution is 2.38. The minimum atomic E-state index is -0.176. The molecule has 0 saturated heterocycles. The smallest absolute Gasteiger partial charge is 0.265 e. The summed E-state index contributed by atoms with van der Waals surface area (Å²) in [6, 6.07) is 13.2. The molecule has 29 heavy (non-hydrogen) atoms. The highest BCUT2D eigenvalue weighted by molar-refractivity contribution is 7.16. The van der Waals surface area contributed by atoms with Crippen molar-refractivity contribution in [3.63, 3.8) is 0 Å². The lowest BCUT2D eigenvalue weighted by molar-refractivity contribution is -0.121. The van der Waals surface area contributed by atoms with E-state index in [9.17, 15) is 9.59 Å². The maximum atomic E-state index is 12.6. The van der Waals surface area contributed by atoms with Gasteiger partial charge in [-0.1, -0.05) is 18.2 Å². The van der Waals surface area contributed by atoms with Crippen LogP contribution in [-0.2, 0) is 4.79 Å². The van der Waals surface area contributed by atoms with Gasteiger partial charge in [0.15, 0.2) is 11.7 Å². The van der Waals surface area contributed by atoms with Gasteiger partial charge >= 0.3 is 0 Å². The minimum Gasteiger partial charge on any atom is -0.482 e. The van der Waals surface area contributed by atoms with E-state index in [1.54, 1.807) is 11.0 Å². The Balaban J connectivity index is 1.64. The van der Waals surface area contributed by atoms with Crippen LogP contribution >= 0.6 is 11.3 Å². The standard InChI is InChI=1S/C22H21N3O3S/c1-4-25-17-11-15(9-10-18(17)28-12-19(25)26)20-14(3)29-22(23-20)24-21(27)16-8-6-5-7-13(16)2/h5-11H,4,12H2,1-3H3,(H,23,24,27). The van der Waals surface area contributed by atoms with Crippen molar-refractivity contribution in [2.45, 2.75) is 20.8 Å². The van der Waals surface area contributed by atoms with Crippen molar-refractivity contribution in [1.82, 2.24) is 4.98 Å². The van der Waals surface area contributed by atoms with E-state index in [0.29, 0.717) is 23.0 Å². The SMILES string of the molecule is CCN1C(=O)COc2ccc(-c3nc(NC(=O)c4ccccc4C)sc3C)cc21. The van der Waals surface area contributed by atoms with Gasteiger partial charge in [0.25, 0.3) is 11.8 Å². The molecule has 2 heterocycles. The molecule has 0 radical (unpaired) electrons. The number of benzene rings is 2. The number of amides is 2. The fourth-order valence-electron chi connectivity index (χ4n) is 3.41. The predicted molar refractivity (Wildman–Crippen MR) is 115 cm³/mol. The van der Waals surface area contributed by atoms with Crippen molar-refractivity contribution in [1.29, 1.82) is 0 Å². The molecule has 0 spiro atoms. The zero-order chi connectivity index (χ0) is 20.5. The first kappa shape index (κ1) is 19.1. The van der Waals surface area contributed by atoms with Gasteiger partial charge in [0.05, 0.1) is 11.4 Å². The normalized spacial score (nSPS) is 13.1. The molecule has 1 aromatic heterocycles. The Morgan fingerprint density at radius 3 is 2.79 bits per heavy atom. The van der Waals surface area contributed by atoms with Crippen LogP contribution in [0, 0.1) is 13.8 Å². The zero-order valence-corrected chi connectivity index (χ0v) is 17.3. The van der Waals surface area contributed by atoms with Gasteiger partial charge in [0.1, 0.15) is 5.75 Å². The molecule has 1 aliphatic heterocycles. The third kappa shape index (κ3) is 3.61. The van der Waals surface area contributed by atoms with Gasteiger partial charge in [-0.15, -0.1) is 11.3 Å². The molecule has 1 N–H and O–H groups in total. The van der Waals surface area contributed by atoms with Crippen molar-refractivity contribution >= 4 is 34.0 Å². The first-order valence-corrected chi connectivity index (χ1v) is 10.2. The van der Waals surface area contributed by atoms with E-state index < -0.39 is 0 Å². The maximum absolute atomic E-state index is 12.6. The Labute approximate surface area is 173 Å². The topological polar surface area (TPSA) is 71.5 Å². The number of hydrogen-bond acceptors (Lipinski definition) is 5. The quantitative estimate of drug-likeness (QED) is 0.695. The summed E-state index contributed by atoms with van der Waals surface area (Å²) in [6.45, 7) is 6.45. The number of nitrogens with one attached hydrogen (secondary N) is 1. The summed E-state index contributed by atoms with van der Waals surface area (Å²) in [7, 11) is 0. The third-order valence-electron chi connectivity index (χ3n) is 4.90. The number of aromatic nitrogens is 1. The molecule has 2 aromatic carbocycles. The first-order chi connectivity index (χ1) is 14.0. The number of likely N-dealkylation sites (N-methyl/N-ethyl adjacent to an activating group) is 1. The average Bonchev–Trinajstić information content (AvgIpc) is 3.07. The van der Waals surface area contributed by atoms with Gasteiger partial charge in [-0.2, -0.15) is 0 Å². The largest absolute Gasteiger partial charge is 0.482 e. The van der Waals surface area contributed by atoms with Crippen LogP contribution in [0.4, 0.5) is 10.8 Å². The number of hydrogen-bond donors (Lipinski definition) is 1. The molecular formula is C22H21N3O3S. The molecule has 148 valence electrons. The number of aryl methyl sites for hydroxylation is 2. The minimum absolute atomic E-state index is 0.0571. The van der Waals surface area contributed by atoms with Gasteiger partial charge in [-0.25, -0.2) is 4.98 Å². The number of rotatable bonds is 4. The number of anilines is 2. The summed E-state index contributed by atoms with van der Waals surface area (Å²) in [5.74, 6) is 0.458. The van der Waals surface area contributed by atoms with Crippen LogP contribution in [0.15, 0.2) is 42.5 Å². The molecule has 0 saturated carbocycles. The second kappa shape index (κ2) is 7.67. The fraction of sp³-hybridized carbons (Fsp3) is 0.227. The predicted octanol–water partition coefficient (Wildman–Crippen LogP) is 4.42. The Kier molecular flexibility index (Phi) is 5.07. The highest BCUT2D eigenvalue weighted by Gasteiger charge is 2.25. The molecule has 2 amide bonds. The molecule has 4 rings (SSSR count). The summed E-state index contributed by atoms with van der Waals surface area (Å²) in [5.41, 5.74) is 3.96. The Morgan fingerprint density at radius 1 is 1.24 bits per heavy atom. The number of carbonyl (C=O) groups excluding carboxylic acids is 2. The van der Waals surface area contributed by atoms with E-state index in [4.69, 9.17) is 4.74 Å². The van der Waals surface area contributed by atoms with Gasteiger partial charge in [0, 0.05) is 22.5 Å². The Bertz CT molecular complexity index is 1110. The Morgan fingerprint density at radius 2 is 2.03 bits per heavy atom. The van der Waals surface area contributed by atoms with E-state index in [1.807, 2.05) is 57.2 Å². The van der Waals surface area contributed by atoms with Crippen LogP contribution in [-0.4, -0.2) is 29.9 Å². The lowest BCUT2D eigenvalue weighted by Gasteiger charge is -2.28. The number of ether oxygens (including phenoxy) is 1. The molecule has 6 nitrogen and oxygen atoms in total. The summed E-state index contributed by atoms with van der Waals surface area (Å²) < 4.78 is 5.54. The number of thiazole rings is 1. The lowest BCUT2D eigenvalue weighted by Crippen LogP contribution is -2.38. The lowest BCUT2D eigenvalue weighted by atomic mass is 10.1. The number of fused-ring (bicyclic) bond motifs is 1. The summed E-state index contributed by atoms with van der Waals surface area (Å²) >= 11 is 1.43. The van der Waals surface area contributed by atoms with Crippen molar-refractivity contribution in [2.75, 3.05) is 23.4 Å². The highest BCUT2D eigenvalue weighted by atomic mass is 32.1. The zero-order valence-electron chi connectivity index (χ0n) is 16.5.